The maximum Gasteiger partial charge on any atom is 0.407 e. The molecular weight excluding hydrogens is 432 g/mol. The number of benzene rings is 2. The largest absolute Gasteiger partial charge is 0.481 e. The highest BCUT2D eigenvalue weighted by Gasteiger charge is 2.60. The molecule has 2 unspecified atom stereocenters. The van der Waals surface area contributed by atoms with E-state index in [0.29, 0.717) is 26.1 Å². The first-order valence-corrected chi connectivity index (χ1v) is 12.1. The molecule has 34 heavy (non-hydrogen) atoms. The number of nitrogens with zero attached hydrogens (tertiary/aromatic N) is 1. The fraction of sp³-hybridized carbons (Fsp3) is 0.444. The molecule has 2 aromatic rings. The van der Waals surface area contributed by atoms with E-state index in [1.807, 2.05) is 31.2 Å². The lowest BCUT2D eigenvalue weighted by molar-refractivity contribution is -0.141. The molecule has 0 spiro atoms. The van der Waals surface area contributed by atoms with Gasteiger partial charge in [0.15, 0.2) is 0 Å². The highest BCUT2D eigenvalue weighted by molar-refractivity contribution is 5.80. The zero-order chi connectivity index (χ0) is 23.8. The van der Waals surface area contributed by atoms with Crippen LogP contribution in [0.1, 0.15) is 36.8 Å². The lowest BCUT2D eigenvalue weighted by atomic mass is 9.98. The molecule has 7 nitrogen and oxygen atoms in total. The van der Waals surface area contributed by atoms with E-state index in [9.17, 15) is 14.4 Å². The molecule has 3 aliphatic rings. The van der Waals surface area contributed by atoms with Crippen LogP contribution in [0.3, 0.4) is 0 Å². The van der Waals surface area contributed by atoms with Crippen LogP contribution in [0.25, 0.3) is 11.1 Å². The Morgan fingerprint density at radius 2 is 1.62 bits per heavy atom. The summed E-state index contributed by atoms with van der Waals surface area (Å²) in [7, 11) is 0. The molecule has 4 atom stereocenters. The van der Waals surface area contributed by atoms with Crippen LogP contribution in [0.5, 0.6) is 0 Å². The topological polar surface area (TPSA) is 95.9 Å². The second-order valence-corrected chi connectivity index (χ2v) is 9.68. The van der Waals surface area contributed by atoms with E-state index in [1.165, 1.54) is 22.3 Å². The third-order valence-corrected chi connectivity index (χ3v) is 7.75. The summed E-state index contributed by atoms with van der Waals surface area (Å²) in [5.41, 5.74) is 4.71. The van der Waals surface area contributed by atoms with Crippen molar-refractivity contribution in [2.24, 2.45) is 23.7 Å². The van der Waals surface area contributed by atoms with Gasteiger partial charge in [0.25, 0.3) is 0 Å². The van der Waals surface area contributed by atoms with Crippen LogP contribution in [0, 0.1) is 23.7 Å². The number of carbonyl (C=O) groups is 3. The number of rotatable bonds is 8. The van der Waals surface area contributed by atoms with Gasteiger partial charge in [0.2, 0.25) is 5.91 Å². The summed E-state index contributed by atoms with van der Waals surface area (Å²) in [5, 5.41) is 12.0. The number of aliphatic carboxylic acids is 1. The normalized spacial score (nSPS) is 23.0. The van der Waals surface area contributed by atoms with Crippen LogP contribution in [0.15, 0.2) is 48.5 Å². The van der Waals surface area contributed by atoms with Crippen molar-refractivity contribution in [1.29, 1.82) is 0 Å². The number of carbonyl (C=O) groups excluding carboxylic acids is 2. The fourth-order valence-electron chi connectivity index (χ4n) is 5.71. The van der Waals surface area contributed by atoms with Crippen molar-refractivity contribution in [2.75, 3.05) is 26.2 Å². The van der Waals surface area contributed by atoms with E-state index in [4.69, 9.17) is 9.84 Å². The van der Waals surface area contributed by atoms with Crippen LogP contribution in [0.4, 0.5) is 4.79 Å². The second-order valence-electron chi connectivity index (χ2n) is 9.68. The van der Waals surface area contributed by atoms with Crippen molar-refractivity contribution < 1.29 is 24.2 Å². The van der Waals surface area contributed by atoms with Crippen LogP contribution in [-0.4, -0.2) is 54.2 Å². The van der Waals surface area contributed by atoms with Crippen LogP contribution >= 0.6 is 0 Å². The van der Waals surface area contributed by atoms with Crippen LogP contribution < -0.4 is 5.32 Å². The summed E-state index contributed by atoms with van der Waals surface area (Å²) in [6.07, 6.45) is 0.630. The molecule has 2 fully saturated rings. The predicted molar refractivity (Wildman–Crippen MR) is 126 cm³/mol. The standard InChI is InChI=1S/C27H30N2O5/c1-2-16(11-24(30)29-13-21-22(14-29)25(21)26(31)32)12-28-27(33)34-15-23-19-9-5-3-7-17(19)18-8-4-6-10-20(18)23/h3-10,16,21-23,25H,2,11-15H2,1H3,(H,28,33)(H,31,32)/t16?,21-,22+,25?. The summed E-state index contributed by atoms with van der Waals surface area (Å²) < 4.78 is 5.59. The van der Waals surface area contributed by atoms with Crippen LogP contribution in [-0.2, 0) is 14.3 Å². The summed E-state index contributed by atoms with van der Waals surface area (Å²) in [6.45, 7) is 3.71. The minimum atomic E-state index is -0.749. The maximum absolute atomic E-state index is 12.7. The van der Waals surface area contributed by atoms with Gasteiger partial charge in [-0.15, -0.1) is 0 Å². The van der Waals surface area contributed by atoms with Gasteiger partial charge in [0.1, 0.15) is 6.61 Å². The predicted octanol–water partition coefficient (Wildman–Crippen LogP) is 3.73. The molecule has 1 saturated carbocycles. The van der Waals surface area contributed by atoms with Gasteiger partial charge in [-0.2, -0.15) is 0 Å². The SMILES string of the molecule is CCC(CNC(=O)OCC1c2ccccc2-c2ccccc21)CC(=O)N1C[C@@H]2C(C(=O)O)[C@@H]2C1. The maximum atomic E-state index is 12.7. The molecule has 1 saturated heterocycles. The van der Waals surface area contributed by atoms with E-state index in [1.54, 1.807) is 4.90 Å². The number of alkyl carbamates (subject to hydrolysis) is 1. The summed E-state index contributed by atoms with van der Waals surface area (Å²) in [5.74, 6) is -0.737. The van der Waals surface area contributed by atoms with Gasteiger partial charge in [-0.3, -0.25) is 9.59 Å². The number of carboxylic acid groups (broad SMARTS) is 1. The number of likely N-dealkylation sites (tertiary alicyclic amines) is 1. The number of fused-ring (bicyclic) bond motifs is 4. The molecule has 2 aromatic carbocycles. The second kappa shape index (κ2) is 9.12. The van der Waals surface area contributed by atoms with E-state index in [-0.39, 0.29) is 42.1 Å². The van der Waals surface area contributed by atoms with E-state index in [2.05, 4.69) is 29.6 Å². The molecule has 0 radical (unpaired) electrons. The molecule has 0 aromatic heterocycles. The monoisotopic (exact) mass is 462 g/mol. The van der Waals surface area contributed by atoms with E-state index in [0.717, 1.165) is 6.42 Å². The average Bonchev–Trinajstić information content (AvgIpc) is 3.20. The smallest absolute Gasteiger partial charge is 0.407 e. The first-order valence-electron chi connectivity index (χ1n) is 12.1. The van der Waals surface area contributed by atoms with Gasteiger partial charge < -0.3 is 20.1 Å². The molecule has 5 rings (SSSR count). The zero-order valence-electron chi connectivity index (χ0n) is 19.3. The van der Waals surface area contributed by atoms with Gasteiger partial charge >= 0.3 is 12.1 Å². The van der Waals surface area contributed by atoms with E-state index < -0.39 is 12.1 Å². The first-order chi connectivity index (χ1) is 16.5. The van der Waals surface area contributed by atoms with Gasteiger partial charge in [0.05, 0.1) is 5.92 Å². The Kier molecular flexibility index (Phi) is 6.02. The molecule has 2 aliphatic carbocycles. The van der Waals surface area contributed by atoms with Crippen molar-refractivity contribution in [1.82, 2.24) is 10.2 Å². The Labute approximate surface area is 199 Å². The molecule has 2 N–H and O–H groups in total. The van der Waals surface area contributed by atoms with Gasteiger partial charge in [-0.25, -0.2) is 4.79 Å². The number of carboxylic acids is 1. The molecular formula is C27H30N2O5. The summed E-state index contributed by atoms with van der Waals surface area (Å²) in [4.78, 5) is 38.0. The Morgan fingerprint density at radius 3 is 2.18 bits per heavy atom. The summed E-state index contributed by atoms with van der Waals surface area (Å²) in [6, 6.07) is 16.4. The van der Waals surface area contributed by atoms with Crippen molar-refractivity contribution >= 4 is 18.0 Å². The third kappa shape index (κ3) is 4.15. The molecule has 178 valence electrons. The van der Waals surface area contributed by atoms with Crippen molar-refractivity contribution in [3.63, 3.8) is 0 Å². The summed E-state index contributed by atoms with van der Waals surface area (Å²) >= 11 is 0. The molecule has 1 aliphatic heterocycles. The van der Waals surface area contributed by atoms with E-state index >= 15 is 0 Å². The third-order valence-electron chi connectivity index (χ3n) is 7.75. The van der Waals surface area contributed by atoms with Gasteiger partial charge in [-0.1, -0.05) is 61.9 Å². The number of nitrogens with one attached hydrogen (secondary N) is 1. The molecule has 7 heteroatoms. The number of ether oxygens (including phenoxy) is 1. The molecule has 1 heterocycles. The minimum absolute atomic E-state index is 0.0120. The lowest BCUT2D eigenvalue weighted by Gasteiger charge is -2.22. The minimum Gasteiger partial charge on any atom is -0.481 e. The highest BCUT2D eigenvalue weighted by atomic mass is 16.5. The number of amides is 2. The molecule has 0 bridgehead atoms. The van der Waals surface area contributed by atoms with Crippen molar-refractivity contribution in [2.45, 2.75) is 25.7 Å². The number of piperidine rings is 1. The Hall–Kier alpha value is -3.35. The number of hydrogen-bond acceptors (Lipinski definition) is 4. The quantitative estimate of drug-likeness (QED) is 0.623. The zero-order valence-corrected chi connectivity index (χ0v) is 19.3. The Balaban J connectivity index is 1.10. The fourth-order valence-corrected chi connectivity index (χ4v) is 5.71. The van der Waals surface area contributed by atoms with Crippen molar-refractivity contribution in [3.05, 3.63) is 59.7 Å². The first kappa shape index (κ1) is 22.4. The van der Waals surface area contributed by atoms with Gasteiger partial charge in [-0.05, 0) is 40.0 Å². The number of hydrogen-bond donors (Lipinski definition) is 2. The molecule has 2 amide bonds. The highest BCUT2D eigenvalue weighted by Crippen LogP contribution is 2.52. The lowest BCUT2D eigenvalue weighted by Crippen LogP contribution is -2.36. The Bertz CT molecular complexity index is 1060. The van der Waals surface area contributed by atoms with Crippen molar-refractivity contribution in [3.8, 4) is 11.1 Å². The average molecular weight is 463 g/mol. The van der Waals surface area contributed by atoms with Gasteiger partial charge in [0, 0.05) is 32.0 Å². The Morgan fingerprint density at radius 1 is 1.03 bits per heavy atom. The van der Waals surface area contributed by atoms with Crippen LogP contribution in [0.2, 0.25) is 0 Å².